The SMILES string of the molecule is COc1cccc(-c2ccc(P(=O)(c3ccc(-c4cccc(OC)c4OC)cc3)c3ccc(-c4cccc(OC)c4OC)cc3)cc2)c1OC. The molecule has 7 nitrogen and oxygen atoms in total. The highest BCUT2D eigenvalue weighted by molar-refractivity contribution is 7.85. The Kier molecular flexibility index (Phi) is 10.2. The van der Waals surface area contributed by atoms with Crippen LogP contribution in [-0.4, -0.2) is 42.7 Å². The van der Waals surface area contributed by atoms with Crippen LogP contribution in [0.25, 0.3) is 33.4 Å². The van der Waals surface area contributed by atoms with Crippen molar-refractivity contribution in [2.45, 2.75) is 0 Å². The van der Waals surface area contributed by atoms with E-state index in [1.54, 1.807) is 42.7 Å². The lowest BCUT2D eigenvalue weighted by Gasteiger charge is -2.22. The molecule has 0 aromatic heterocycles. The van der Waals surface area contributed by atoms with Crippen molar-refractivity contribution in [3.05, 3.63) is 127 Å². The van der Waals surface area contributed by atoms with Gasteiger partial charge in [0, 0.05) is 32.6 Å². The molecule has 0 saturated heterocycles. The fourth-order valence-electron chi connectivity index (χ4n) is 6.34. The minimum atomic E-state index is -3.38. The van der Waals surface area contributed by atoms with Gasteiger partial charge in [-0.05, 0) is 34.9 Å². The van der Waals surface area contributed by atoms with Gasteiger partial charge in [-0.3, -0.25) is 0 Å². The summed E-state index contributed by atoms with van der Waals surface area (Å²) in [5.74, 6) is 3.83. The Balaban J connectivity index is 1.47. The monoisotopic (exact) mass is 686 g/mol. The average Bonchev–Trinajstić information content (AvgIpc) is 3.19. The van der Waals surface area contributed by atoms with Gasteiger partial charge in [0.25, 0.3) is 0 Å². The first-order valence-corrected chi connectivity index (χ1v) is 17.7. The molecule has 0 fully saturated rings. The zero-order valence-electron chi connectivity index (χ0n) is 28.9. The summed E-state index contributed by atoms with van der Waals surface area (Å²) < 4.78 is 49.4. The van der Waals surface area contributed by atoms with Crippen LogP contribution in [0.4, 0.5) is 0 Å². The molecular weight excluding hydrogens is 647 g/mol. The third kappa shape index (κ3) is 6.17. The van der Waals surface area contributed by atoms with Gasteiger partial charge in [-0.2, -0.15) is 0 Å². The summed E-state index contributed by atoms with van der Waals surface area (Å²) in [6, 6.07) is 40.8. The van der Waals surface area contributed by atoms with E-state index in [4.69, 9.17) is 28.4 Å². The molecular formula is C42H39O7P. The molecule has 6 aromatic carbocycles. The van der Waals surface area contributed by atoms with Crippen LogP contribution in [0, 0.1) is 0 Å². The van der Waals surface area contributed by atoms with Crippen LogP contribution in [-0.2, 0) is 4.57 Å². The van der Waals surface area contributed by atoms with E-state index in [2.05, 4.69) is 0 Å². The van der Waals surface area contributed by atoms with Gasteiger partial charge in [-0.15, -0.1) is 0 Å². The van der Waals surface area contributed by atoms with Crippen molar-refractivity contribution >= 4 is 23.1 Å². The Morgan fingerprint density at radius 1 is 0.340 bits per heavy atom. The van der Waals surface area contributed by atoms with Crippen molar-refractivity contribution in [2.24, 2.45) is 0 Å². The van der Waals surface area contributed by atoms with Crippen LogP contribution in [0.3, 0.4) is 0 Å². The summed E-state index contributed by atoms with van der Waals surface area (Å²) in [4.78, 5) is 0. The number of ether oxygens (including phenoxy) is 6. The highest BCUT2D eigenvalue weighted by Gasteiger charge is 2.30. The van der Waals surface area contributed by atoms with Crippen molar-refractivity contribution in [2.75, 3.05) is 42.7 Å². The largest absolute Gasteiger partial charge is 0.493 e. The van der Waals surface area contributed by atoms with Crippen molar-refractivity contribution in [1.82, 2.24) is 0 Å². The summed E-state index contributed by atoms with van der Waals surface area (Å²) in [6.45, 7) is 0. The standard InChI is InChI=1S/C42H39O7P/c1-44-37-13-7-10-34(40(37)47-4)28-16-22-31(23-17-28)50(43,32-24-18-29(19-25-32)35-11-8-14-38(45-2)41(35)48-5)33-26-20-30(21-27-33)36-12-9-15-39(46-3)42(36)49-6/h7-27H,1-6H3. The Labute approximate surface area is 293 Å². The second kappa shape index (κ2) is 14.9. The molecule has 0 aliphatic heterocycles. The number of para-hydroxylation sites is 3. The first kappa shape index (κ1) is 34.2. The first-order valence-electron chi connectivity index (χ1n) is 16.0. The highest BCUT2D eigenvalue weighted by atomic mass is 31.2. The van der Waals surface area contributed by atoms with Crippen LogP contribution < -0.4 is 44.3 Å². The lowest BCUT2D eigenvalue weighted by Crippen LogP contribution is -2.25. The molecule has 6 rings (SSSR count). The van der Waals surface area contributed by atoms with Gasteiger partial charge in [-0.25, -0.2) is 0 Å². The number of hydrogen-bond donors (Lipinski definition) is 0. The van der Waals surface area contributed by atoms with E-state index in [-0.39, 0.29) is 0 Å². The molecule has 0 heterocycles. The maximum atomic E-state index is 15.7. The number of benzene rings is 6. The zero-order valence-corrected chi connectivity index (χ0v) is 29.8. The summed E-state index contributed by atoms with van der Waals surface area (Å²) in [5.41, 5.74) is 5.37. The van der Waals surface area contributed by atoms with Crippen molar-refractivity contribution < 1.29 is 33.0 Å². The summed E-state index contributed by atoms with van der Waals surface area (Å²) in [6.07, 6.45) is 0. The second-order valence-corrected chi connectivity index (χ2v) is 14.1. The predicted octanol–water partition coefficient (Wildman–Crippen LogP) is 8.38. The molecule has 0 bridgehead atoms. The molecule has 0 unspecified atom stereocenters. The lowest BCUT2D eigenvalue weighted by atomic mass is 10.0. The Morgan fingerprint density at radius 3 is 0.820 bits per heavy atom. The van der Waals surface area contributed by atoms with Gasteiger partial charge in [0.05, 0.1) is 42.7 Å². The molecule has 0 N–H and O–H groups in total. The van der Waals surface area contributed by atoms with Crippen molar-refractivity contribution in [3.63, 3.8) is 0 Å². The maximum Gasteiger partial charge on any atom is 0.171 e. The molecule has 50 heavy (non-hydrogen) atoms. The van der Waals surface area contributed by atoms with E-state index in [0.29, 0.717) is 50.4 Å². The molecule has 0 spiro atoms. The quantitative estimate of drug-likeness (QED) is 0.120. The molecule has 6 aromatic rings. The smallest absolute Gasteiger partial charge is 0.171 e. The summed E-state index contributed by atoms with van der Waals surface area (Å²) in [7, 11) is 6.34. The van der Waals surface area contributed by atoms with E-state index in [0.717, 1.165) is 33.4 Å². The summed E-state index contributed by atoms with van der Waals surface area (Å²) >= 11 is 0. The molecule has 0 saturated carbocycles. The van der Waals surface area contributed by atoms with E-state index in [1.807, 2.05) is 127 Å². The third-order valence-corrected chi connectivity index (χ3v) is 11.9. The van der Waals surface area contributed by atoms with Crippen LogP contribution in [0.1, 0.15) is 0 Å². The molecule has 0 aliphatic rings. The highest BCUT2D eigenvalue weighted by Crippen LogP contribution is 2.46. The Morgan fingerprint density at radius 2 is 0.600 bits per heavy atom. The lowest BCUT2D eigenvalue weighted by molar-refractivity contribution is 0.356. The van der Waals surface area contributed by atoms with E-state index in [1.165, 1.54) is 0 Å². The molecule has 8 heteroatoms. The van der Waals surface area contributed by atoms with E-state index in [9.17, 15) is 0 Å². The Bertz CT molecular complexity index is 1900. The van der Waals surface area contributed by atoms with Gasteiger partial charge in [0.15, 0.2) is 41.6 Å². The minimum Gasteiger partial charge on any atom is -0.493 e. The average molecular weight is 687 g/mol. The van der Waals surface area contributed by atoms with Gasteiger partial charge in [0.1, 0.15) is 0 Å². The third-order valence-electron chi connectivity index (χ3n) is 8.83. The van der Waals surface area contributed by atoms with Gasteiger partial charge < -0.3 is 33.0 Å². The second-order valence-electron chi connectivity index (χ2n) is 11.4. The first-order chi connectivity index (χ1) is 24.4. The molecule has 0 atom stereocenters. The number of rotatable bonds is 12. The van der Waals surface area contributed by atoms with E-state index < -0.39 is 7.14 Å². The molecule has 0 amide bonds. The topological polar surface area (TPSA) is 72.5 Å². The minimum absolute atomic E-state index is 0.637. The van der Waals surface area contributed by atoms with Gasteiger partial charge >= 0.3 is 0 Å². The summed E-state index contributed by atoms with van der Waals surface area (Å²) in [5, 5.41) is 2.09. The van der Waals surface area contributed by atoms with E-state index >= 15 is 4.57 Å². The van der Waals surface area contributed by atoms with Crippen LogP contribution in [0.2, 0.25) is 0 Å². The predicted molar refractivity (Wildman–Crippen MR) is 201 cm³/mol. The zero-order chi connectivity index (χ0) is 35.3. The maximum absolute atomic E-state index is 15.7. The van der Waals surface area contributed by atoms with Crippen LogP contribution >= 0.6 is 7.14 Å². The van der Waals surface area contributed by atoms with Gasteiger partial charge in [0.2, 0.25) is 0 Å². The fraction of sp³-hybridized carbons (Fsp3) is 0.143. The van der Waals surface area contributed by atoms with Gasteiger partial charge in [-0.1, -0.05) is 109 Å². The van der Waals surface area contributed by atoms with Crippen LogP contribution in [0.5, 0.6) is 34.5 Å². The van der Waals surface area contributed by atoms with Crippen molar-refractivity contribution in [3.8, 4) is 67.9 Å². The van der Waals surface area contributed by atoms with Crippen molar-refractivity contribution in [1.29, 1.82) is 0 Å². The normalized spacial score (nSPS) is 11.1. The number of hydrogen-bond acceptors (Lipinski definition) is 7. The molecule has 0 radical (unpaired) electrons. The van der Waals surface area contributed by atoms with Crippen LogP contribution in [0.15, 0.2) is 127 Å². The number of methoxy groups -OCH3 is 6. The Hall–Kier alpha value is -5.65. The fourth-order valence-corrected chi connectivity index (χ4v) is 8.94. The molecule has 254 valence electrons. The molecule has 0 aliphatic carbocycles.